The summed E-state index contributed by atoms with van der Waals surface area (Å²) in [6.45, 7) is 6.87. The van der Waals surface area contributed by atoms with Crippen LogP contribution in [0.25, 0.3) is 0 Å². The van der Waals surface area contributed by atoms with Crippen molar-refractivity contribution in [1.29, 1.82) is 0 Å². The lowest BCUT2D eigenvalue weighted by Crippen LogP contribution is -2.07. The molecule has 0 aromatic carbocycles. The molecule has 0 aliphatic heterocycles. The van der Waals surface area contributed by atoms with E-state index in [1.165, 1.54) is 18.4 Å². The van der Waals surface area contributed by atoms with Crippen molar-refractivity contribution in [2.75, 3.05) is 13.6 Å². The van der Waals surface area contributed by atoms with Crippen molar-refractivity contribution >= 4 is 0 Å². The molecule has 58 valence electrons. The van der Waals surface area contributed by atoms with E-state index in [0.717, 1.165) is 6.54 Å². The fraction of sp³-hybridized carbons (Fsp3) is 0.556. The second-order valence-electron chi connectivity index (χ2n) is 2.46. The molecule has 1 N–H and O–H groups in total. The molecule has 0 heterocycles. The maximum Gasteiger partial charge on any atom is -0.00489 e. The van der Waals surface area contributed by atoms with Crippen LogP contribution >= 0.6 is 0 Å². The standard InChI is InChI=1S/C9H17N/c1-4-6-9(2)7-5-8-10-3/h4,6,10H,1,5,7-8H2,2-3H3/b9-6+. The first kappa shape index (κ1) is 9.44. The van der Waals surface area contributed by atoms with Crippen molar-refractivity contribution in [3.8, 4) is 0 Å². The minimum atomic E-state index is 1.10. The van der Waals surface area contributed by atoms with E-state index in [9.17, 15) is 0 Å². The Hall–Kier alpha value is -0.560. The van der Waals surface area contributed by atoms with Gasteiger partial charge in [-0.15, -0.1) is 0 Å². The predicted octanol–water partition coefficient (Wildman–Crippen LogP) is 2.12. The van der Waals surface area contributed by atoms with Gasteiger partial charge in [-0.25, -0.2) is 0 Å². The number of hydrogen-bond donors (Lipinski definition) is 1. The van der Waals surface area contributed by atoms with Crippen LogP contribution in [0.5, 0.6) is 0 Å². The molecule has 0 saturated carbocycles. The normalized spacial score (nSPS) is 11.6. The van der Waals surface area contributed by atoms with Gasteiger partial charge >= 0.3 is 0 Å². The quantitative estimate of drug-likeness (QED) is 0.454. The van der Waals surface area contributed by atoms with Gasteiger partial charge in [0.25, 0.3) is 0 Å². The maximum absolute atomic E-state index is 3.64. The monoisotopic (exact) mass is 139 g/mol. The maximum atomic E-state index is 3.64. The van der Waals surface area contributed by atoms with Gasteiger partial charge in [-0.1, -0.05) is 24.3 Å². The largest absolute Gasteiger partial charge is 0.320 e. The molecule has 0 bridgehead atoms. The number of hydrogen-bond acceptors (Lipinski definition) is 1. The summed E-state index contributed by atoms with van der Waals surface area (Å²) in [5, 5.41) is 3.11. The summed E-state index contributed by atoms with van der Waals surface area (Å²) in [6, 6.07) is 0. The Balaban J connectivity index is 3.29. The van der Waals surface area contributed by atoms with Crippen molar-refractivity contribution in [2.45, 2.75) is 19.8 Å². The van der Waals surface area contributed by atoms with Gasteiger partial charge in [0, 0.05) is 0 Å². The SMILES string of the molecule is C=C/C=C(\C)CCCNC. The van der Waals surface area contributed by atoms with Crippen molar-refractivity contribution in [3.63, 3.8) is 0 Å². The third kappa shape index (κ3) is 5.57. The highest BCUT2D eigenvalue weighted by Crippen LogP contribution is 2.01. The zero-order valence-corrected chi connectivity index (χ0v) is 6.98. The number of rotatable bonds is 5. The van der Waals surface area contributed by atoms with Gasteiger partial charge in [-0.2, -0.15) is 0 Å². The van der Waals surface area contributed by atoms with Gasteiger partial charge in [0.1, 0.15) is 0 Å². The van der Waals surface area contributed by atoms with E-state index in [0.29, 0.717) is 0 Å². The van der Waals surface area contributed by atoms with Gasteiger partial charge in [-0.3, -0.25) is 0 Å². The van der Waals surface area contributed by atoms with Gasteiger partial charge < -0.3 is 5.32 Å². The molecule has 0 aromatic heterocycles. The average Bonchev–Trinajstić information content (AvgIpc) is 1.89. The van der Waals surface area contributed by atoms with Crippen LogP contribution in [0.15, 0.2) is 24.3 Å². The molecule has 0 unspecified atom stereocenters. The van der Waals surface area contributed by atoms with E-state index >= 15 is 0 Å². The number of allylic oxidation sites excluding steroid dienone is 3. The van der Waals surface area contributed by atoms with Crippen molar-refractivity contribution in [1.82, 2.24) is 5.32 Å². The molecule has 0 aliphatic rings. The molecule has 0 amide bonds. The number of nitrogens with one attached hydrogen (secondary N) is 1. The molecule has 10 heavy (non-hydrogen) atoms. The van der Waals surface area contributed by atoms with Gasteiger partial charge in [0.2, 0.25) is 0 Å². The highest BCUT2D eigenvalue weighted by atomic mass is 14.8. The predicted molar refractivity (Wildman–Crippen MR) is 47.1 cm³/mol. The van der Waals surface area contributed by atoms with E-state index in [-0.39, 0.29) is 0 Å². The molecule has 0 fully saturated rings. The molecule has 0 spiro atoms. The Bertz CT molecular complexity index is 114. The first-order valence-corrected chi connectivity index (χ1v) is 3.74. The molecular formula is C9H17N. The van der Waals surface area contributed by atoms with Crippen molar-refractivity contribution < 1.29 is 0 Å². The lowest BCUT2D eigenvalue weighted by atomic mass is 10.1. The van der Waals surface area contributed by atoms with Crippen LogP contribution in [-0.2, 0) is 0 Å². The third-order valence-corrected chi connectivity index (χ3v) is 1.40. The van der Waals surface area contributed by atoms with Gasteiger partial charge in [0.05, 0.1) is 0 Å². The highest BCUT2D eigenvalue weighted by Gasteiger charge is 1.86. The summed E-state index contributed by atoms with van der Waals surface area (Å²) in [4.78, 5) is 0. The Morgan fingerprint density at radius 1 is 1.60 bits per heavy atom. The first-order chi connectivity index (χ1) is 4.81. The third-order valence-electron chi connectivity index (χ3n) is 1.40. The summed E-state index contributed by atoms with van der Waals surface area (Å²) in [5.74, 6) is 0. The Morgan fingerprint density at radius 3 is 2.80 bits per heavy atom. The lowest BCUT2D eigenvalue weighted by Gasteiger charge is -1.98. The van der Waals surface area contributed by atoms with Crippen LogP contribution in [0, 0.1) is 0 Å². The van der Waals surface area contributed by atoms with E-state index in [4.69, 9.17) is 0 Å². The Morgan fingerprint density at radius 2 is 2.30 bits per heavy atom. The van der Waals surface area contributed by atoms with Crippen LogP contribution in [0.2, 0.25) is 0 Å². The molecule has 0 aliphatic carbocycles. The first-order valence-electron chi connectivity index (χ1n) is 3.74. The molecule has 0 saturated heterocycles. The molecular weight excluding hydrogens is 122 g/mol. The second-order valence-corrected chi connectivity index (χ2v) is 2.46. The smallest absolute Gasteiger partial charge is 0.00489 e. The molecule has 0 radical (unpaired) electrons. The average molecular weight is 139 g/mol. The minimum Gasteiger partial charge on any atom is -0.320 e. The van der Waals surface area contributed by atoms with Gasteiger partial charge in [-0.05, 0) is 33.4 Å². The minimum absolute atomic E-state index is 1.10. The molecule has 0 rings (SSSR count). The van der Waals surface area contributed by atoms with E-state index in [1.54, 1.807) is 0 Å². The summed E-state index contributed by atoms with van der Waals surface area (Å²) in [7, 11) is 1.98. The fourth-order valence-corrected chi connectivity index (χ4v) is 0.829. The Kier molecular flexibility index (Phi) is 6.19. The fourth-order valence-electron chi connectivity index (χ4n) is 0.829. The van der Waals surface area contributed by atoms with Crippen LogP contribution in [-0.4, -0.2) is 13.6 Å². The molecule has 1 heteroatoms. The summed E-state index contributed by atoms with van der Waals surface area (Å²) < 4.78 is 0. The van der Waals surface area contributed by atoms with Crippen LogP contribution in [0.1, 0.15) is 19.8 Å². The summed E-state index contributed by atoms with van der Waals surface area (Å²) >= 11 is 0. The van der Waals surface area contributed by atoms with E-state index in [2.05, 4.69) is 24.9 Å². The summed E-state index contributed by atoms with van der Waals surface area (Å²) in [5.41, 5.74) is 1.41. The second kappa shape index (κ2) is 6.56. The molecule has 1 nitrogen and oxygen atoms in total. The van der Waals surface area contributed by atoms with Crippen LogP contribution in [0.4, 0.5) is 0 Å². The van der Waals surface area contributed by atoms with E-state index < -0.39 is 0 Å². The zero-order valence-electron chi connectivity index (χ0n) is 6.98. The highest BCUT2D eigenvalue weighted by molar-refractivity contribution is 5.07. The molecule has 0 aromatic rings. The van der Waals surface area contributed by atoms with E-state index in [1.807, 2.05) is 13.1 Å². The molecule has 0 atom stereocenters. The zero-order chi connectivity index (χ0) is 7.82. The Labute approximate surface area is 63.8 Å². The van der Waals surface area contributed by atoms with Crippen molar-refractivity contribution in [2.24, 2.45) is 0 Å². The van der Waals surface area contributed by atoms with Crippen LogP contribution in [0.3, 0.4) is 0 Å². The van der Waals surface area contributed by atoms with Crippen molar-refractivity contribution in [3.05, 3.63) is 24.3 Å². The summed E-state index contributed by atoms with van der Waals surface area (Å²) in [6.07, 6.45) is 6.30. The van der Waals surface area contributed by atoms with Crippen LogP contribution < -0.4 is 5.32 Å². The van der Waals surface area contributed by atoms with Gasteiger partial charge in [0.15, 0.2) is 0 Å². The topological polar surface area (TPSA) is 12.0 Å². The lowest BCUT2D eigenvalue weighted by molar-refractivity contribution is 0.721.